The Balaban J connectivity index is 2.59. The highest BCUT2D eigenvalue weighted by Crippen LogP contribution is 2.33. The van der Waals surface area contributed by atoms with Gasteiger partial charge in [-0.2, -0.15) is 0 Å². The van der Waals surface area contributed by atoms with E-state index in [9.17, 15) is 9.59 Å². The van der Waals surface area contributed by atoms with Crippen LogP contribution in [0.5, 0.6) is 0 Å². The van der Waals surface area contributed by atoms with Crippen LogP contribution in [-0.4, -0.2) is 23.5 Å². The van der Waals surface area contributed by atoms with Crippen molar-refractivity contribution in [3.63, 3.8) is 0 Å². The molecule has 0 heterocycles. The van der Waals surface area contributed by atoms with Crippen LogP contribution in [0.1, 0.15) is 54.4 Å². The van der Waals surface area contributed by atoms with Crippen molar-refractivity contribution >= 4 is 11.9 Å². The van der Waals surface area contributed by atoms with Crippen LogP contribution in [0.2, 0.25) is 0 Å². The quantitative estimate of drug-likeness (QED) is 0.837. The van der Waals surface area contributed by atoms with E-state index < -0.39 is 11.7 Å². The zero-order chi connectivity index (χ0) is 14.8. The van der Waals surface area contributed by atoms with Crippen LogP contribution in [0.3, 0.4) is 0 Å². The maximum atomic E-state index is 12.1. The molecule has 1 rings (SSSR count). The molecular formula is C15H27NO3. The van der Waals surface area contributed by atoms with Crippen LogP contribution in [-0.2, 0) is 9.53 Å². The zero-order valence-corrected chi connectivity index (χ0v) is 12.9. The summed E-state index contributed by atoms with van der Waals surface area (Å²) in [7, 11) is 0. The Morgan fingerprint density at radius 1 is 1.37 bits per heavy atom. The van der Waals surface area contributed by atoms with Crippen LogP contribution in [0.15, 0.2) is 0 Å². The van der Waals surface area contributed by atoms with Gasteiger partial charge in [0.15, 0.2) is 0 Å². The molecule has 1 aliphatic carbocycles. The van der Waals surface area contributed by atoms with Gasteiger partial charge in [-0.15, -0.1) is 0 Å². The van der Waals surface area contributed by atoms with Crippen LogP contribution in [0.25, 0.3) is 0 Å². The number of carbonyl (C=O) groups excluding carboxylic acids is 2. The van der Waals surface area contributed by atoms with Gasteiger partial charge in [0.1, 0.15) is 11.4 Å². The van der Waals surface area contributed by atoms with Gasteiger partial charge in [-0.05, 0) is 46.0 Å². The lowest BCUT2D eigenvalue weighted by Crippen LogP contribution is -2.47. The van der Waals surface area contributed by atoms with Crippen molar-refractivity contribution in [2.75, 3.05) is 0 Å². The minimum atomic E-state index is -0.513. The number of rotatable bonds is 2. The summed E-state index contributed by atoms with van der Waals surface area (Å²) >= 11 is 0. The molecule has 0 aromatic rings. The standard InChI is InChI=1S/C15H27NO3/c1-9-7-10(2)13(12(17)8-9)11(3)16-14(18)19-15(4,5)6/h9-11,13H,7-8H2,1-6H3,(H,16,18). The molecule has 1 fully saturated rings. The summed E-state index contributed by atoms with van der Waals surface area (Å²) in [5, 5.41) is 2.80. The number of carbonyl (C=O) groups is 2. The number of hydrogen-bond donors (Lipinski definition) is 1. The van der Waals surface area contributed by atoms with Crippen LogP contribution >= 0.6 is 0 Å². The van der Waals surface area contributed by atoms with Crippen molar-refractivity contribution in [3.8, 4) is 0 Å². The molecule has 0 radical (unpaired) electrons. The highest BCUT2D eigenvalue weighted by molar-refractivity contribution is 5.83. The topological polar surface area (TPSA) is 55.4 Å². The largest absolute Gasteiger partial charge is 0.444 e. The molecule has 4 unspecified atom stereocenters. The number of hydrogen-bond acceptors (Lipinski definition) is 3. The van der Waals surface area contributed by atoms with Gasteiger partial charge in [0.2, 0.25) is 0 Å². The molecule has 110 valence electrons. The molecule has 0 aromatic carbocycles. The highest BCUT2D eigenvalue weighted by Gasteiger charge is 2.37. The van der Waals surface area contributed by atoms with Gasteiger partial charge in [-0.1, -0.05) is 13.8 Å². The van der Waals surface area contributed by atoms with Gasteiger partial charge in [0, 0.05) is 18.4 Å². The minimum absolute atomic E-state index is 0.0938. The smallest absolute Gasteiger partial charge is 0.407 e. The summed E-state index contributed by atoms with van der Waals surface area (Å²) in [6, 6.07) is -0.176. The van der Waals surface area contributed by atoms with E-state index in [4.69, 9.17) is 4.74 Å². The van der Waals surface area contributed by atoms with Crippen molar-refractivity contribution in [1.29, 1.82) is 0 Å². The van der Waals surface area contributed by atoms with Gasteiger partial charge in [-0.25, -0.2) is 4.79 Å². The molecule has 0 aliphatic heterocycles. The zero-order valence-electron chi connectivity index (χ0n) is 12.9. The van der Waals surface area contributed by atoms with E-state index in [-0.39, 0.29) is 17.7 Å². The fraction of sp³-hybridized carbons (Fsp3) is 0.867. The Morgan fingerprint density at radius 3 is 2.42 bits per heavy atom. The van der Waals surface area contributed by atoms with E-state index in [0.717, 1.165) is 6.42 Å². The average molecular weight is 269 g/mol. The molecule has 19 heavy (non-hydrogen) atoms. The molecule has 0 aromatic heterocycles. The number of amides is 1. The SMILES string of the molecule is CC1CC(=O)C(C(C)NC(=O)OC(C)(C)C)C(C)C1. The summed E-state index contributed by atoms with van der Waals surface area (Å²) < 4.78 is 5.23. The molecule has 1 saturated carbocycles. The maximum absolute atomic E-state index is 12.1. The van der Waals surface area contributed by atoms with Gasteiger partial charge < -0.3 is 10.1 Å². The van der Waals surface area contributed by atoms with Gasteiger partial charge >= 0.3 is 6.09 Å². The van der Waals surface area contributed by atoms with E-state index in [2.05, 4.69) is 19.2 Å². The minimum Gasteiger partial charge on any atom is -0.444 e. The molecule has 4 atom stereocenters. The fourth-order valence-corrected chi connectivity index (χ4v) is 3.02. The second-order valence-electron chi connectivity index (χ2n) is 6.95. The van der Waals surface area contributed by atoms with Crippen LogP contribution < -0.4 is 5.32 Å². The molecule has 1 amide bonds. The molecular weight excluding hydrogens is 242 g/mol. The molecule has 0 bridgehead atoms. The first kappa shape index (κ1) is 16.0. The summed E-state index contributed by atoms with van der Waals surface area (Å²) in [5.41, 5.74) is -0.513. The lowest BCUT2D eigenvalue weighted by atomic mass is 9.72. The monoisotopic (exact) mass is 269 g/mol. The lowest BCUT2D eigenvalue weighted by molar-refractivity contribution is -0.128. The van der Waals surface area contributed by atoms with Gasteiger partial charge in [-0.3, -0.25) is 4.79 Å². The van der Waals surface area contributed by atoms with Crippen LogP contribution in [0, 0.1) is 17.8 Å². The number of ether oxygens (including phenoxy) is 1. The molecule has 4 nitrogen and oxygen atoms in total. The van der Waals surface area contributed by atoms with Crippen molar-refractivity contribution < 1.29 is 14.3 Å². The number of alkyl carbamates (subject to hydrolysis) is 1. The Bertz CT molecular complexity index is 346. The molecule has 0 saturated heterocycles. The molecule has 1 aliphatic rings. The maximum Gasteiger partial charge on any atom is 0.407 e. The second-order valence-corrected chi connectivity index (χ2v) is 6.95. The average Bonchev–Trinajstić information content (AvgIpc) is 2.10. The van der Waals surface area contributed by atoms with Crippen LogP contribution in [0.4, 0.5) is 4.79 Å². The third-order valence-electron chi connectivity index (χ3n) is 3.59. The van der Waals surface area contributed by atoms with Crippen molar-refractivity contribution in [2.45, 2.75) is 66.0 Å². The first-order valence-electron chi connectivity index (χ1n) is 7.12. The first-order chi connectivity index (χ1) is 8.60. The second kappa shape index (κ2) is 5.93. The third-order valence-corrected chi connectivity index (χ3v) is 3.59. The van der Waals surface area contributed by atoms with E-state index in [0.29, 0.717) is 18.3 Å². The van der Waals surface area contributed by atoms with Gasteiger partial charge in [0.25, 0.3) is 0 Å². The van der Waals surface area contributed by atoms with Crippen molar-refractivity contribution in [3.05, 3.63) is 0 Å². The molecule has 0 spiro atoms. The summed E-state index contributed by atoms with van der Waals surface area (Å²) in [6.45, 7) is 11.6. The predicted octanol–water partition coefficient (Wildman–Crippen LogP) is 3.15. The third kappa shape index (κ3) is 4.84. The lowest BCUT2D eigenvalue weighted by Gasteiger charge is -2.35. The van der Waals surface area contributed by atoms with Crippen molar-refractivity contribution in [2.24, 2.45) is 17.8 Å². The molecule has 1 N–H and O–H groups in total. The van der Waals surface area contributed by atoms with Gasteiger partial charge in [0.05, 0.1) is 0 Å². The molecule has 4 heteroatoms. The van der Waals surface area contributed by atoms with E-state index >= 15 is 0 Å². The Hall–Kier alpha value is -1.06. The van der Waals surface area contributed by atoms with E-state index in [1.807, 2.05) is 27.7 Å². The van der Waals surface area contributed by atoms with E-state index in [1.165, 1.54) is 0 Å². The summed E-state index contributed by atoms with van der Waals surface area (Å²) in [5.74, 6) is 0.923. The first-order valence-corrected chi connectivity index (χ1v) is 7.12. The number of Topliss-reactive ketones (excluding diaryl/α,β-unsaturated/α-hetero) is 1. The summed E-state index contributed by atoms with van der Waals surface area (Å²) in [6.07, 6.45) is 1.21. The van der Waals surface area contributed by atoms with Crippen molar-refractivity contribution in [1.82, 2.24) is 5.32 Å². The number of nitrogens with one attached hydrogen (secondary N) is 1. The predicted molar refractivity (Wildman–Crippen MR) is 74.9 cm³/mol. The summed E-state index contributed by atoms with van der Waals surface area (Å²) in [4.78, 5) is 23.9. The number of ketones is 1. The highest BCUT2D eigenvalue weighted by atomic mass is 16.6. The Labute approximate surface area is 116 Å². The van der Waals surface area contributed by atoms with E-state index in [1.54, 1.807) is 0 Å². The Morgan fingerprint density at radius 2 is 1.95 bits per heavy atom. The normalized spacial score (nSPS) is 29.8. The fourth-order valence-electron chi connectivity index (χ4n) is 3.02. The Kier molecular flexibility index (Phi) is 4.99.